The maximum Gasteiger partial charge on any atom is 0.237 e. The van der Waals surface area contributed by atoms with Crippen LogP contribution in [0.15, 0.2) is 0 Å². The van der Waals surface area contributed by atoms with E-state index >= 15 is 0 Å². The van der Waals surface area contributed by atoms with Crippen molar-refractivity contribution in [3.8, 4) is 0 Å². The van der Waals surface area contributed by atoms with Crippen molar-refractivity contribution >= 4 is 5.91 Å². The minimum Gasteiger partial charge on any atom is -0.355 e. The first kappa shape index (κ1) is 12.8. The molecule has 4 nitrogen and oxygen atoms in total. The average molecular weight is 239 g/mol. The number of rotatable bonds is 4. The minimum atomic E-state index is 0.0231. The third-order valence-electron chi connectivity index (χ3n) is 4.45. The lowest BCUT2D eigenvalue weighted by atomic mass is 9.75. The highest BCUT2D eigenvalue weighted by Crippen LogP contribution is 2.35. The van der Waals surface area contributed by atoms with Gasteiger partial charge in [-0.3, -0.25) is 4.79 Å². The van der Waals surface area contributed by atoms with Crippen LogP contribution < -0.4 is 10.6 Å². The van der Waals surface area contributed by atoms with Gasteiger partial charge in [-0.25, -0.2) is 0 Å². The molecule has 17 heavy (non-hydrogen) atoms. The van der Waals surface area contributed by atoms with Crippen LogP contribution in [0.2, 0.25) is 0 Å². The molecule has 1 atom stereocenters. The summed E-state index contributed by atoms with van der Waals surface area (Å²) in [6.07, 6.45) is 7.06. The van der Waals surface area contributed by atoms with Gasteiger partial charge in [-0.15, -0.1) is 0 Å². The van der Waals surface area contributed by atoms with Crippen molar-refractivity contribution in [2.75, 3.05) is 27.2 Å². The summed E-state index contributed by atoms with van der Waals surface area (Å²) in [6.45, 7) is 1.79. The van der Waals surface area contributed by atoms with Crippen molar-refractivity contribution in [1.82, 2.24) is 15.5 Å². The predicted octanol–water partition coefficient (Wildman–Crippen LogP) is 0.729. The van der Waals surface area contributed by atoms with Gasteiger partial charge in [0.1, 0.15) is 0 Å². The van der Waals surface area contributed by atoms with E-state index in [1.807, 2.05) is 0 Å². The molecule has 0 radical (unpaired) electrons. The summed E-state index contributed by atoms with van der Waals surface area (Å²) in [6, 6.07) is 0.0231. The van der Waals surface area contributed by atoms with Crippen LogP contribution in [-0.4, -0.2) is 49.6 Å². The normalized spacial score (nSPS) is 28.4. The molecule has 98 valence electrons. The second-order valence-corrected chi connectivity index (χ2v) is 5.69. The van der Waals surface area contributed by atoms with Crippen LogP contribution in [0.3, 0.4) is 0 Å². The Morgan fingerprint density at radius 2 is 2.12 bits per heavy atom. The van der Waals surface area contributed by atoms with Crippen molar-refractivity contribution in [2.24, 2.45) is 0 Å². The quantitative estimate of drug-likeness (QED) is 0.760. The molecule has 1 aliphatic carbocycles. The Hall–Kier alpha value is -0.610. The van der Waals surface area contributed by atoms with E-state index < -0.39 is 0 Å². The van der Waals surface area contributed by atoms with Crippen molar-refractivity contribution < 1.29 is 4.79 Å². The second kappa shape index (κ2) is 5.36. The van der Waals surface area contributed by atoms with Gasteiger partial charge >= 0.3 is 0 Å². The van der Waals surface area contributed by atoms with Crippen LogP contribution in [0, 0.1) is 0 Å². The molecule has 2 fully saturated rings. The van der Waals surface area contributed by atoms with Crippen molar-refractivity contribution in [3.05, 3.63) is 0 Å². The van der Waals surface area contributed by atoms with Gasteiger partial charge in [0.25, 0.3) is 0 Å². The number of nitrogens with one attached hydrogen (secondary N) is 2. The summed E-state index contributed by atoms with van der Waals surface area (Å²) in [5, 5.41) is 6.46. The molecule has 4 heteroatoms. The molecular weight excluding hydrogens is 214 g/mol. The summed E-state index contributed by atoms with van der Waals surface area (Å²) in [5.74, 6) is 0.190. The summed E-state index contributed by atoms with van der Waals surface area (Å²) in [7, 11) is 4.29. The zero-order valence-corrected chi connectivity index (χ0v) is 11.1. The van der Waals surface area contributed by atoms with Crippen molar-refractivity contribution in [1.29, 1.82) is 0 Å². The van der Waals surface area contributed by atoms with Crippen LogP contribution in [0.4, 0.5) is 0 Å². The molecule has 2 rings (SSSR count). The van der Waals surface area contributed by atoms with Crippen molar-refractivity contribution in [2.45, 2.75) is 50.1 Å². The van der Waals surface area contributed by atoms with Crippen LogP contribution in [0.25, 0.3) is 0 Å². The van der Waals surface area contributed by atoms with E-state index in [9.17, 15) is 4.79 Å². The number of carbonyl (C=O) groups is 1. The number of amides is 1. The summed E-state index contributed by atoms with van der Waals surface area (Å²) in [4.78, 5) is 14.1. The summed E-state index contributed by atoms with van der Waals surface area (Å²) < 4.78 is 0. The zero-order chi connectivity index (χ0) is 12.3. The average Bonchev–Trinajstić information content (AvgIpc) is 2.42. The number of hydrogen-bond acceptors (Lipinski definition) is 3. The fourth-order valence-electron chi connectivity index (χ4n) is 2.81. The fourth-order valence-corrected chi connectivity index (χ4v) is 2.81. The van der Waals surface area contributed by atoms with Gasteiger partial charge in [-0.2, -0.15) is 0 Å². The molecule has 0 spiro atoms. The Labute approximate surface area is 104 Å². The molecular formula is C13H25N3O. The van der Waals surface area contributed by atoms with E-state index in [1.54, 1.807) is 0 Å². The van der Waals surface area contributed by atoms with Crippen LogP contribution in [0.5, 0.6) is 0 Å². The number of carbonyl (C=O) groups excluding carboxylic acids is 1. The second-order valence-electron chi connectivity index (χ2n) is 5.69. The molecule has 1 amide bonds. The zero-order valence-electron chi connectivity index (χ0n) is 11.1. The molecule has 0 bridgehead atoms. The molecule has 1 heterocycles. The smallest absolute Gasteiger partial charge is 0.237 e. The lowest BCUT2D eigenvalue weighted by molar-refractivity contribution is -0.123. The maximum atomic E-state index is 11.8. The SMILES string of the molecule is CN(C)C1(CNC2CCCCNC2=O)CCC1. The van der Waals surface area contributed by atoms with Crippen LogP contribution in [-0.2, 0) is 4.79 Å². The standard InChI is InChI=1S/C13H25N3O/c1-16(2)13(7-5-8-13)10-15-11-6-3-4-9-14-12(11)17/h11,15H,3-10H2,1-2H3,(H,14,17). The first-order valence-electron chi connectivity index (χ1n) is 6.83. The topological polar surface area (TPSA) is 44.4 Å². The number of hydrogen-bond donors (Lipinski definition) is 2. The highest BCUT2D eigenvalue weighted by Gasteiger charge is 2.39. The minimum absolute atomic E-state index is 0.0231. The highest BCUT2D eigenvalue weighted by molar-refractivity contribution is 5.81. The van der Waals surface area contributed by atoms with E-state index in [2.05, 4.69) is 29.6 Å². The highest BCUT2D eigenvalue weighted by atomic mass is 16.2. The molecule has 0 aromatic rings. The van der Waals surface area contributed by atoms with Gasteiger partial charge in [0, 0.05) is 18.6 Å². The molecule has 2 N–H and O–H groups in total. The first-order valence-corrected chi connectivity index (χ1v) is 6.83. The lowest BCUT2D eigenvalue weighted by Gasteiger charge is -2.48. The third kappa shape index (κ3) is 2.80. The molecule has 0 aromatic heterocycles. The maximum absolute atomic E-state index is 11.8. The number of nitrogens with zero attached hydrogens (tertiary/aromatic N) is 1. The lowest BCUT2D eigenvalue weighted by Crippen LogP contribution is -2.59. The van der Waals surface area contributed by atoms with Gasteiger partial charge in [0.05, 0.1) is 6.04 Å². The molecule has 1 aliphatic heterocycles. The van der Waals surface area contributed by atoms with Gasteiger partial charge in [0.15, 0.2) is 0 Å². The Kier molecular flexibility index (Phi) is 4.05. The fraction of sp³-hybridized carbons (Fsp3) is 0.923. The summed E-state index contributed by atoms with van der Waals surface area (Å²) >= 11 is 0. The molecule has 1 saturated heterocycles. The van der Waals surface area contributed by atoms with Gasteiger partial charge in [-0.1, -0.05) is 0 Å². The third-order valence-corrected chi connectivity index (χ3v) is 4.45. The van der Waals surface area contributed by atoms with Crippen molar-refractivity contribution in [3.63, 3.8) is 0 Å². The first-order chi connectivity index (χ1) is 8.14. The Morgan fingerprint density at radius 1 is 1.35 bits per heavy atom. The van der Waals surface area contributed by atoms with Gasteiger partial charge in [-0.05, 0) is 52.6 Å². The summed E-state index contributed by atoms with van der Waals surface area (Å²) in [5.41, 5.74) is 0.298. The monoisotopic (exact) mass is 239 g/mol. The predicted molar refractivity (Wildman–Crippen MR) is 68.9 cm³/mol. The van der Waals surface area contributed by atoms with E-state index in [4.69, 9.17) is 0 Å². The van der Waals surface area contributed by atoms with Gasteiger partial charge < -0.3 is 15.5 Å². The van der Waals surface area contributed by atoms with E-state index in [0.29, 0.717) is 5.54 Å². The van der Waals surface area contributed by atoms with E-state index in [0.717, 1.165) is 32.4 Å². The molecule has 0 aromatic carbocycles. The molecule has 2 aliphatic rings. The molecule has 1 saturated carbocycles. The Morgan fingerprint density at radius 3 is 2.71 bits per heavy atom. The van der Waals surface area contributed by atoms with Gasteiger partial charge in [0.2, 0.25) is 5.91 Å². The Balaban J connectivity index is 1.85. The molecule has 1 unspecified atom stereocenters. The Bertz CT molecular complexity index is 274. The van der Waals surface area contributed by atoms with Crippen LogP contribution in [0.1, 0.15) is 38.5 Å². The van der Waals surface area contributed by atoms with E-state index in [1.165, 1.54) is 19.3 Å². The largest absolute Gasteiger partial charge is 0.355 e. The van der Waals surface area contributed by atoms with Crippen LogP contribution >= 0.6 is 0 Å². The van der Waals surface area contributed by atoms with E-state index in [-0.39, 0.29) is 11.9 Å². The number of likely N-dealkylation sites (N-methyl/N-ethyl adjacent to an activating group) is 1.